The van der Waals surface area contributed by atoms with Gasteiger partial charge >= 0.3 is 5.97 Å². The molecule has 0 saturated heterocycles. The Hall–Kier alpha value is -2.17. The van der Waals surface area contributed by atoms with Crippen LogP contribution in [-0.4, -0.2) is 20.9 Å². The van der Waals surface area contributed by atoms with Crippen molar-refractivity contribution < 1.29 is 14.3 Å². The average molecular weight is 248 g/mol. The van der Waals surface area contributed by atoms with Gasteiger partial charge in [0, 0.05) is 11.6 Å². The molecule has 94 valence electrons. The van der Waals surface area contributed by atoms with Crippen LogP contribution in [0.4, 0.5) is 4.39 Å². The van der Waals surface area contributed by atoms with Crippen molar-refractivity contribution in [3.05, 3.63) is 41.8 Å². The molecule has 0 aliphatic rings. The number of aromatic nitrogens is 2. The zero-order chi connectivity index (χ0) is 13.3. The highest BCUT2D eigenvalue weighted by molar-refractivity contribution is 5.87. The van der Waals surface area contributed by atoms with Crippen LogP contribution in [0.25, 0.3) is 11.3 Å². The number of aromatic carboxylic acids is 1. The Kier molecular flexibility index (Phi) is 3.14. The van der Waals surface area contributed by atoms with E-state index in [1.54, 1.807) is 18.2 Å². The lowest BCUT2D eigenvalue weighted by Gasteiger charge is -2.07. The third kappa shape index (κ3) is 2.11. The summed E-state index contributed by atoms with van der Waals surface area (Å²) in [5.41, 5.74) is 0.696. The van der Waals surface area contributed by atoms with E-state index in [1.807, 2.05) is 13.8 Å². The second kappa shape index (κ2) is 4.60. The molecule has 0 unspecified atom stereocenters. The minimum Gasteiger partial charge on any atom is -0.477 e. The summed E-state index contributed by atoms with van der Waals surface area (Å²) in [4.78, 5) is 11.1. The normalized spacial score (nSPS) is 10.9. The van der Waals surface area contributed by atoms with E-state index >= 15 is 0 Å². The van der Waals surface area contributed by atoms with E-state index in [0.29, 0.717) is 11.3 Å². The van der Waals surface area contributed by atoms with Gasteiger partial charge in [-0.3, -0.25) is 4.68 Å². The molecule has 0 aliphatic heterocycles. The van der Waals surface area contributed by atoms with E-state index < -0.39 is 11.8 Å². The monoisotopic (exact) mass is 248 g/mol. The molecule has 0 bridgehead atoms. The van der Waals surface area contributed by atoms with Gasteiger partial charge in [-0.15, -0.1) is 0 Å². The summed E-state index contributed by atoms with van der Waals surface area (Å²) in [6.07, 6.45) is 0. The van der Waals surface area contributed by atoms with Crippen molar-refractivity contribution in [2.45, 2.75) is 19.9 Å². The first-order valence-corrected chi connectivity index (χ1v) is 5.58. The Balaban J connectivity index is 2.57. The maximum Gasteiger partial charge on any atom is 0.354 e. The molecular formula is C13H13FN2O2. The number of hydrogen-bond acceptors (Lipinski definition) is 2. The molecule has 0 radical (unpaired) electrons. The summed E-state index contributed by atoms with van der Waals surface area (Å²) in [6, 6.07) is 7.46. The first-order valence-electron chi connectivity index (χ1n) is 5.58. The molecule has 0 atom stereocenters. The molecule has 0 saturated carbocycles. The fraction of sp³-hybridized carbons (Fsp3) is 0.231. The van der Waals surface area contributed by atoms with Crippen molar-refractivity contribution in [2.75, 3.05) is 0 Å². The fourth-order valence-corrected chi connectivity index (χ4v) is 1.75. The van der Waals surface area contributed by atoms with Gasteiger partial charge in [0.2, 0.25) is 0 Å². The maximum atomic E-state index is 13.6. The third-order valence-electron chi connectivity index (χ3n) is 2.59. The molecule has 18 heavy (non-hydrogen) atoms. The summed E-state index contributed by atoms with van der Waals surface area (Å²) in [6.45, 7) is 3.65. The van der Waals surface area contributed by atoms with E-state index in [2.05, 4.69) is 5.10 Å². The van der Waals surface area contributed by atoms with E-state index in [4.69, 9.17) is 5.11 Å². The molecular weight excluding hydrogens is 235 g/mol. The van der Waals surface area contributed by atoms with Crippen molar-refractivity contribution >= 4 is 5.97 Å². The number of carboxylic acids is 1. The number of halogens is 1. The van der Waals surface area contributed by atoms with Crippen LogP contribution in [0.3, 0.4) is 0 Å². The number of hydrogen-bond donors (Lipinski definition) is 1. The van der Waals surface area contributed by atoms with Gasteiger partial charge < -0.3 is 5.11 Å². The van der Waals surface area contributed by atoms with Crippen LogP contribution in [-0.2, 0) is 0 Å². The highest BCUT2D eigenvalue weighted by atomic mass is 19.1. The molecule has 2 rings (SSSR count). The number of nitrogens with zero attached hydrogens (tertiary/aromatic N) is 2. The van der Waals surface area contributed by atoms with E-state index in [0.717, 1.165) is 0 Å². The molecule has 1 aromatic carbocycles. The largest absolute Gasteiger partial charge is 0.477 e. The Morgan fingerprint density at radius 3 is 2.56 bits per heavy atom. The van der Waals surface area contributed by atoms with Crippen molar-refractivity contribution in [3.8, 4) is 11.3 Å². The molecule has 2 aromatic rings. The number of carboxylic acid groups (broad SMARTS) is 1. The number of benzene rings is 1. The van der Waals surface area contributed by atoms with Gasteiger partial charge in [-0.05, 0) is 32.0 Å². The van der Waals surface area contributed by atoms with E-state index in [-0.39, 0.29) is 11.7 Å². The Morgan fingerprint density at radius 1 is 1.39 bits per heavy atom. The van der Waals surface area contributed by atoms with Gasteiger partial charge in [-0.25, -0.2) is 9.18 Å². The van der Waals surface area contributed by atoms with Gasteiger partial charge in [-0.1, -0.05) is 12.1 Å². The second-order valence-electron chi connectivity index (χ2n) is 4.24. The van der Waals surface area contributed by atoms with Crippen LogP contribution in [0.15, 0.2) is 30.3 Å². The van der Waals surface area contributed by atoms with Crippen LogP contribution in [0.5, 0.6) is 0 Å². The lowest BCUT2D eigenvalue weighted by atomic mass is 10.1. The van der Waals surface area contributed by atoms with Crippen LogP contribution >= 0.6 is 0 Å². The predicted molar refractivity (Wildman–Crippen MR) is 65.0 cm³/mol. The van der Waals surface area contributed by atoms with Gasteiger partial charge in [0.05, 0.1) is 5.69 Å². The zero-order valence-corrected chi connectivity index (χ0v) is 10.1. The highest BCUT2D eigenvalue weighted by Crippen LogP contribution is 2.23. The summed E-state index contributed by atoms with van der Waals surface area (Å²) in [7, 11) is 0. The molecule has 5 heteroatoms. The van der Waals surface area contributed by atoms with Gasteiger partial charge in [0.15, 0.2) is 0 Å². The molecule has 4 nitrogen and oxygen atoms in total. The molecule has 0 spiro atoms. The topological polar surface area (TPSA) is 55.1 Å². The van der Waals surface area contributed by atoms with Gasteiger partial charge in [0.1, 0.15) is 11.5 Å². The summed E-state index contributed by atoms with van der Waals surface area (Å²) in [5, 5.41) is 13.2. The van der Waals surface area contributed by atoms with Crippen LogP contribution in [0.2, 0.25) is 0 Å². The van der Waals surface area contributed by atoms with Crippen LogP contribution < -0.4 is 0 Å². The van der Waals surface area contributed by atoms with Crippen molar-refractivity contribution in [1.29, 1.82) is 0 Å². The smallest absolute Gasteiger partial charge is 0.354 e. The SMILES string of the molecule is CC(C)n1nc(-c2ccccc2F)cc1C(=O)O. The summed E-state index contributed by atoms with van der Waals surface area (Å²) >= 11 is 0. The number of carbonyl (C=O) groups is 1. The van der Waals surface area contributed by atoms with E-state index in [1.165, 1.54) is 16.8 Å². The van der Waals surface area contributed by atoms with Crippen molar-refractivity contribution in [2.24, 2.45) is 0 Å². The highest BCUT2D eigenvalue weighted by Gasteiger charge is 2.18. The first kappa shape index (κ1) is 12.3. The first-order chi connectivity index (χ1) is 8.50. The molecule has 1 heterocycles. The Bertz CT molecular complexity index is 590. The Morgan fingerprint density at radius 2 is 2.06 bits per heavy atom. The molecule has 0 aliphatic carbocycles. The van der Waals surface area contributed by atoms with Gasteiger partial charge in [0.25, 0.3) is 0 Å². The zero-order valence-electron chi connectivity index (χ0n) is 10.1. The molecule has 1 N–H and O–H groups in total. The molecule has 0 amide bonds. The van der Waals surface area contributed by atoms with E-state index in [9.17, 15) is 9.18 Å². The van der Waals surface area contributed by atoms with Gasteiger partial charge in [-0.2, -0.15) is 5.10 Å². The summed E-state index contributed by atoms with van der Waals surface area (Å²) in [5.74, 6) is -1.48. The predicted octanol–water partition coefficient (Wildman–Crippen LogP) is 2.97. The third-order valence-corrected chi connectivity index (χ3v) is 2.59. The quantitative estimate of drug-likeness (QED) is 0.908. The molecule has 0 fully saturated rings. The molecule has 1 aromatic heterocycles. The van der Waals surface area contributed by atoms with Crippen LogP contribution in [0, 0.1) is 5.82 Å². The average Bonchev–Trinajstić information content (AvgIpc) is 2.74. The lowest BCUT2D eigenvalue weighted by Crippen LogP contribution is -2.11. The summed E-state index contributed by atoms with van der Waals surface area (Å²) < 4.78 is 15.0. The standard InChI is InChI=1S/C13H13FN2O2/c1-8(2)16-12(13(17)18)7-11(15-16)9-5-3-4-6-10(9)14/h3-8H,1-2H3,(H,17,18). The fourth-order valence-electron chi connectivity index (χ4n) is 1.75. The second-order valence-corrected chi connectivity index (χ2v) is 4.24. The number of rotatable bonds is 3. The minimum absolute atomic E-state index is 0.0586. The van der Waals surface area contributed by atoms with Crippen molar-refractivity contribution in [1.82, 2.24) is 9.78 Å². The Labute approximate surface area is 104 Å². The minimum atomic E-state index is -1.07. The maximum absolute atomic E-state index is 13.6. The van der Waals surface area contributed by atoms with Crippen molar-refractivity contribution in [3.63, 3.8) is 0 Å². The lowest BCUT2D eigenvalue weighted by molar-refractivity contribution is 0.0681. The van der Waals surface area contributed by atoms with Crippen LogP contribution in [0.1, 0.15) is 30.4 Å².